The van der Waals surface area contributed by atoms with Crippen molar-refractivity contribution in [2.75, 3.05) is 7.11 Å². The molecule has 1 aromatic carbocycles. The first-order chi connectivity index (χ1) is 9.67. The van der Waals surface area contributed by atoms with E-state index >= 15 is 0 Å². The third-order valence-electron chi connectivity index (χ3n) is 3.48. The Balaban J connectivity index is 1.96. The molecule has 3 rings (SSSR count). The first kappa shape index (κ1) is 13.2. The summed E-state index contributed by atoms with van der Waals surface area (Å²) in [4.78, 5) is 14.7. The van der Waals surface area contributed by atoms with E-state index < -0.39 is 0 Å². The number of aromatic nitrogens is 1. The number of benzene rings is 1. The Morgan fingerprint density at radius 1 is 1.35 bits per heavy atom. The van der Waals surface area contributed by atoms with Gasteiger partial charge in [0.1, 0.15) is 5.69 Å². The van der Waals surface area contributed by atoms with Crippen LogP contribution in [0.25, 0.3) is 11.6 Å². The summed E-state index contributed by atoms with van der Waals surface area (Å²) >= 11 is 3.48. The van der Waals surface area contributed by atoms with E-state index in [0.29, 0.717) is 5.69 Å². The van der Waals surface area contributed by atoms with Crippen molar-refractivity contribution in [2.45, 2.75) is 12.8 Å². The van der Waals surface area contributed by atoms with Crippen LogP contribution in [0.2, 0.25) is 0 Å². The quantitative estimate of drug-likeness (QED) is 0.843. The summed E-state index contributed by atoms with van der Waals surface area (Å²) < 4.78 is 5.81. The molecule has 0 bridgehead atoms. The van der Waals surface area contributed by atoms with E-state index in [1.807, 2.05) is 18.2 Å². The summed E-state index contributed by atoms with van der Waals surface area (Å²) in [7, 11) is 1.40. The number of carbonyl (C=O) groups excluding carboxylic acids is 1. The first-order valence-corrected chi connectivity index (χ1v) is 7.23. The number of rotatable bonds is 2. The average Bonchev–Trinajstić information content (AvgIpc) is 3.00. The zero-order chi connectivity index (χ0) is 14.1. The smallest absolute Gasteiger partial charge is 0.354 e. The van der Waals surface area contributed by atoms with Gasteiger partial charge in [-0.25, -0.2) is 4.79 Å². The molecule has 1 N–H and O–H groups in total. The number of aromatic amines is 1. The molecule has 0 amide bonds. The molecule has 0 unspecified atom stereocenters. The molecule has 0 radical (unpaired) electrons. The lowest BCUT2D eigenvalue weighted by Crippen LogP contribution is -2.01. The Hall–Kier alpha value is -1.81. The fourth-order valence-corrected chi connectivity index (χ4v) is 2.96. The van der Waals surface area contributed by atoms with Crippen LogP contribution in [0.3, 0.4) is 0 Å². The molecule has 0 atom stereocenters. The molecule has 1 heterocycles. The normalized spacial score (nSPS) is 15.4. The molecule has 20 heavy (non-hydrogen) atoms. The summed E-state index contributed by atoms with van der Waals surface area (Å²) in [5.41, 5.74) is 5.18. The standard InChI is InChI=1S/C16H14BrNO2/c1-20-16(19)15-9-13-11(5-6-14(13)18-15)7-10-3-2-4-12(17)8-10/h2-4,7-9,18H,5-6H2,1H3/b11-7-. The number of methoxy groups -OCH3 is 1. The van der Waals surface area contributed by atoms with Gasteiger partial charge in [0.15, 0.2) is 0 Å². The maximum atomic E-state index is 11.5. The van der Waals surface area contributed by atoms with Crippen LogP contribution in [0.1, 0.15) is 33.7 Å². The lowest BCUT2D eigenvalue weighted by molar-refractivity contribution is 0.0594. The molecule has 4 heteroatoms. The van der Waals surface area contributed by atoms with E-state index in [9.17, 15) is 4.79 Å². The predicted octanol–water partition coefficient (Wildman–Crippen LogP) is 4.05. The van der Waals surface area contributed by atoms with E-state index in [1.165, 1.54) is 12.7 Å². The van der Waals surface area contributed by atoms with E-state index in [4.69, 9.17) is 4.74 Å². The van der Waals surface area contributed by atoms with E-state index in [2.05, 4.69) is 39.1 Å². The number of H-pyrrole nitrogens is 1. The van der Waals surface area contributed by atoms with Crippen LogP contribution in [-0.2, 0) is 11.2 Å². The number of allylic oxidation sites excluding steroid dienone is 1. The number of aryl methyl sites for hydroxylation is 1. The van der Waals surface area contributed by atoms with Gasteiger partial charge in [0, 0.05) is 10.2 Å². The second-order valence-electron chi connectivity index (χ2n) is 4.79. The van der Waals surface area contributed by atoms with Gasteiger partial charge in [-0.05, 0) is 47.7 Å². The molecular weight excluding hydrogens is 318 g/mol. The lowest BCUT2D eigenvalue weighted by Gasteiger charge is -2.00. The Morgan fingerprint density at radius 3 is 2.95 bits per heavy atom. The monoisotopic (exact) mass is 331 g/mol. The van der Waals surface area contributed by atoms with Gasteiger partial charge in [-0.15, -0.1) is 0 Å². The van der Waals surface area contributed by atoms with Crippen molar-refractivity contribution in [3.8, 4) is 0 Å². The second kappa shape index (κ2) is 5.29. The van der Waals surface area contributed by atoms with Gasteiger partial charge < -0.3 is 9.72 Å². The summed E-state index contributed by atoms with van der Waals surface area (Å²) in [5.74, 6) is -0.318. The molecular formula is C16H14BrNO2. The summed E-state index contributed by atoms with van der Waals surface area (Å²) in [5, 5.41) is 0. The molecule has 0 saturated carbocycles. The molecule has 0 aliphatic heterocycles. The minimum atomic E-state index is -0.318. The number of esters is 1. The molecule has 0 fully saturated rings. The Bertz CT molecular complexity index is 700. The van der Waals surface area contributed by atoms with Crippen LogP contribution in [0.4, 0.5) is 0 Å². The third-order valence-corrected chi connectivity index (χ3v) is 3.98. The van der Waals surface area contributed by atoms with Crippen LogP contribution in [0.15, 0.2) is 34.8 Å². The van der Waals surface area contributed by atoms with E-state index in [-0.39, 0.29) is 5.97 Å². The molecule has 1 aliphatic carbocycles. The average molecular weight is 332 g/mol. The molecule has 102 valence electrons. The molecule has 1 aliphatic rings. The fraction of sp³-hybridized carbons (Fsp3) is 0.188. The SMILES string of the molecule is COC(=O)c1cc2c([nH]1)CC/C2=C/c1cccc(Br)c1. The summed E-state index contributed by atoms with van der Waals surface area (Å²) in [6.45, 7) is 0. The van der Waals surface area contributed by atoms with Gasteiger partial charge >= 0.3 is 5.97 Å². The van der Waals surface area contributed by atoms with Crippen LogP contribution < -0.4 is 0 Å². The number of carbonyl (C=O) groups is 1. The van der Waals surface area contributed by atoms with Crippen LogP contribution in [0, 0.1) is 0 Å². The Morgan fingerprint density at radius 2 is 2.20 bits per heavy atom. The minimum Gasteiger partial charge on any atom is -0.464 e. The molecule has 3 nitrogen and oxygen atoms in total. The highest BCUT2D eigenvalue weighted by atomic mass is 79.9. The highest BCUT2D eigenvalue weighted by Crippen LogP contribution is 2.34. The molecule has 2 aromatic rings. The Labute approximate surface area is 125 Å². The zero-order valence-electron chi connectivity index (χ0n) is 11.1. The number of hydrogen-bond donors (Lipinski definition) is 1. The number of nitrogens with one attached hydrogen (secondary N) is 1. The Kier molecular flexibility index (Phi) is 3.49. The first-order valence-electron chi connectivity index (χ1n) is 6.44. The second-order valence-corrected chi connectivity index (χ2v) is 5.71. The van der Waals surface area contributed by atoms with Crippen molar-refractivity contribution in [1.82, 2.24) is 4.98 Å². The molecule has 0 spiro atoms. The topological polar surface area (TPSA) is 42.1 Å². The largest absolute Gasteiger partial charge is 0.464 e. The van der Waals surface area contributed by atoms with Crippen molar-refractivity contribution in [3.05, 3.63) is 57.3 Å². The van der Waals surface area contributed by atoms with Gasteiger partial charge in [0.05, 0.1) is 7.11 Å². The number of hydrogen-bond acceptors (Lipinski definition) is 2. The molecule has 0 saturated heterocycles. The van der Waals surface area contributed by atoms with Crippen LogP contribution >= 0.6 is 15.9 Å². The van der Waals surface area contributed by atoms with Crippen molar-refractivity contribution in [1.29, 1.82) is 0 Å². The van der Waals surface area contributed by atoms with Gasteiger partial charge in [-0.1, -0.05) is 34.1 Å². The fourth-order valence-electron chi connectivity index (χ4n) is 2.54. The van der Waals surface area contributed by atoms with Gasteiger partial charge in [0.2, 0.25) is 0 Å². The number of halogens is 1. The van der Waals surface area contributed by atoms with Gasteiger partial charge in [-0.2, -0.15) is 0 Å². The van der Waals surface area contributed by atoms with E-state index in [1.54, 1.807) is 0 Å². The van der Waals surface area contributed by atoms with Crippen molar-refractivity contribution < 1.29 is 9.53 Å². The van der Waals surface area contributed by atoms with E-state index in [0.717, 1.165) is 34.1 Å². The summed E-state index contributed by atoms with van der Waals surface area (Å²) in [6, 6.07) is 10.1. The van der Waals surface area contributed by atoms with Gasteiger partial charge in [-0.3, -0.25) is 0 Å². The van der Waals surface area contributed by atoms with Gasteiger partial charge in [0.25, 0.3) is 0 Å². The maximum absolute atomic E-state index is 11.5. The number of ether oxygens (including phenoxy) is 1. The van der Waals surface area contributed by atoms with Crippen molar-refractivity contribution >= 4 is 33.5 Å². The summed E-state index contributed by atoms with van der Waals surface area (Å²) in [6.07, 6.45) is 4.10. The highest BCUT2D eigenvalue weighted by Gasteiger charge is 2.21. The predicted molar refractivity (Wildman–Crippen MR) is 82.5 cm³/mol. The number of fused-ring (bicyclic) bond motifs is 1. The third kappa shape index (κ3) is 2.43. The lowest BCUT2D eigenvalue weighted by atomic mass is 10.1. The zero-order valence-corrected chi connectivity index (χ0v) is 12.7. The van der Waals surface area contributed by atoms with Crippen molar-refractivity contribution in [2.24, 2.45) is 0 Å². The minimum absolute atomic E-state index is 0.318. The van der Waals surface area contributed by atoms with Crippen molar-refractivity contribution in [3.63, 3.8) is 0 Å². The molecule has 1 aromatic heterocycles. The highest BCUT2D eigenvalue weighted by molar-refractivity contribution is 9.10. The van der Waals surface area contributed by atoms with Crippen LogP contribution in [0.5, 0.6) is 0 Å². The van der Waals surface area contributed by atoms with Crippen LogP contribution in [-0.4, -0.2) is 18.1 Å². The maximum Gasteiger partial charge on any atom is 0.354 e.